The van der Waals surface area contributed by atoms with E-state index < -0.39 is 0 Å². The fourth-order valence-electron chi connectivity index (χ4n) is 5.95. The van der Waals surface area contributed by atoms with Crippen LogP contribution in [0.15, 0.2) is 18.2 Å². The van der Waals surface area contributed by atoms with E-state index in [4.69, 9.17) is 0 Å². The quantitative estimate of drug-likeness (QED) is 0.131. The molecule has 0 aromatic heterocycles. The number of aryl methyl sites for hydroxylation is 2. The number of hydrogen-bond acceptors (Lipinski definition) is 4. The van der Waals surface area contributed by atoms with Gasteiger partial charge >= 0.3 is 0 Å². The number of rotatable bonds is 21. The molecule has 0 atom stereocenters. The van der Waals surface area contributed by atoms with Gasteiger partial charge in [-0.3, -0.25) is 14.6 Å². The van der Waals surface area contributed by atoms with Gasteiger partial charge in [-0.05, 0) is 107 Å². The Morgan fingerprint density at radius 1 is 0.816 bits per heavy atom. The number of carbonyl (C=O) groups is 2. The fraction of sp³-hybridized carbons (Fsp3) is 0.758. The van der Waals surface area contributed by atoms with Gasteiger partial charge in [0.15, 0.2) is 0 Å². The predicted molar refractivity (Wildman–Crippen MR) is 164 cm³/mol. The minimum atomic E-state index is 0.0875. The summed E-state index contributed by atoms with van der Waals surface area (Å²) in [6.07, 6.45) is 11.5. The summed E-state index contributed by atoms with van der Waals surface area (Å²) >= 11 is 0. The summed E-state index contributed by atoms with van der Waals surface area (Å²) < 4.78 is 0. The van der Waals surface area contributed by atoms with Gasteiger partial charge in [0.05, 0.1) is 13.1 Å². The van der Waals surface area contributed by atoms with Crippen LogP contribution < -0.4 is 5.32 Å². The molecule has 1 rings (SSSR count). The largest absolute Gasteiger partial charge is 0.324 e. The molecule has 0 saturated heterocycles. The van der Waals surface area contributed by atoms with Gasteiger partial charge in [0.2, 0.25) is 5.91 Å². The van der Waals surface area contributed by atoms with E-state index in [2.05, 4.69) is 82.6 Å². The normalized spacial score (nSPS) is 12.4. The van der Waals surface area contributed by atoms with E-state index in [1.165, 1.54) is 25.7 Å². The summed E-state index contributed by atoms with van der Waals surface area (Å²) in [4.78, 5) is 28.4. The Morgan fingerprint density at radius 3 is 1.97 bits per heavy atom. The molecule has 0 fully saturated rings. The lowest BCUT2D eigenvalue weighted by Gasteiger charge is -2.36. The second-order valence-corrected chi connectivity index (χ2v) is 13.0. The van der Waals surface area contributed by atoms with E-state index in [1.807, 2.05) is 6.07 Å². The maximum absolute atomic E-state index is 12.9. The summed E-state index contributed by atoms with van der Waals surface area (Å²) in [6.45, 7) is 23.1. The summed E-state index contributed by atoms with van der Waals surface area (Å²) in [5, 5.41) is 3.17. The van der Waals surface area contributed by atoms with Gasteiger partial charge in [0.25, 0.3) is 0 Å². The molecule has 0 radical (unpaired) electrons. The molecule has 5 heteroatoms. The molecule has 0 bridgehead atoms. The van der Waals surface area contributed by atoms with Gasteiger partial charge in [0, 0.05) is 5.69 Å². The average Bonchev–Trinajstić information content (AvgIpc) is 2.82. The molecule has 0 heterocycles. The molecule has 0 aliphatic rings. The van der Waals surface area contributed by atoms with E-state index in [9.17, 15) is 9.59 Å². The van der Waals surface area contributed by atoms with Crippen molar-refractivity contribution in [2.75, 3.05) is 44.6 Å². The van der Waals surface area contributed by atoms with Crippen LogP contribution in [0.5, 0.6) is 0 Å². The smallest absolute Gasteiger partial charge is 0.238 e. The van der Waals surface area contributed by atoms with Crippen LogP contribution in [-0.2, 0) is 9.59 Å². The van der Waals surface area contributed by atoms with Crippen molar-refractivity contribution in [2.45, 2.75) is 113 Å². The molecule has 0 aliphatic carbocycles. The van der Waals surface area contributed by atoms with E-state index in [0.29, 0.717) is 18.5 Å². The Kier molecular flexibility index (Phi) is 16.1. The molecule has 0 unspecified atom stereocenters. The molecule has 1 aromatic carbocycles. The number of aldehydes is 1. The highest BCUT2D eigenvalue weighted by atomic mass is 16.2. The van der Waals surface area contributed by atoms with Crippen molar-refractivity contribution < 1.29 is 9.59 Å². The van der Waals surface area contributed by atoms with Crippen molar-refractivity contribution in [3.05, 3.63) is 29.3 Å². The maximum Gasteiger partial charge on any atom is 0.238 e. The zero-order chi connectivity index (χ0) is 28.6. The number of nitrogens with one attached hydrogen (secondary N) is 1. The number of para-hydroxylation sites is 1. The fourth-order valence-corrected chi connectivity index (χ4v) is 5.95. The molecular formula is C33H59N3O2. The number of hydrogen-bond donors (Lipinski definition) is 1. The summed E-state index contributed by atoms with van der Waals surface area (Å²) in [5.74, 6) is 0.0875. The first kappa shape index (κ1) is 34.3. The molecule has 1 N–H and O–H groups in total. The third-order valence-electron chi connectivity index (χ3n) is 7.68. The maximum atomic E-state index is 12.9. The van der Waals surface area contributed by atoms with Crippen molar-refractivity contribution in [1.29, 1.82) is 0 Å². The summed E-state index contributed by atoms with van der Waals surface area (Å²) in [7, 11) is 0. The van der Waals surface area contributed by atoms with Crippen LogP contribution in [-0.4, -0.2) is 61.3 Å². The van der Waals surface area contributed by atoms with Crippen molar-refractivity contribution in [3.63, 3.8) is 0 Å². The lowest BCUT2D eigenvalue weighted by Crippen LogP contribution is -2.35. The zero-order valence-electron chi connectivity index (χ0n) is 26.1. The number of anilines is 1. The average molecular weight is 530 g/mol. The highest BCUT2D eigenvalue weighted by molar-refractivity contribution is 5.93. The molecular weight excluding hydrogens is 470 g/mol. The zero-order valence-corrected chi connectivity index (χ0v) is 26.1. The third-order valence-corrected chi connectivity index (χ3v) is 7.68. The van der Waals surface area contributed by atoms with Crippen molar-refractivity contribution in [2.24, 2.45) is 10.8 Å². The molecule has 218 valence electrons. The Balaban J connectivity index is 2.53. The summed E-state index contributed by atoms with van der Waals surface area (Å²) in [5.41, 5.74) is 3.76. The van der Waals surface area contributed by atoms with E-state index in [1.54, 1.807) is 0 Å². The first-order chi connectivity index (χ1) is 17.9. The van der Waals surface area contributed by atoms with E-state index in [0.717, 1.165) is 81.4 Å². The molecule has 5 nitrogen and oxygen atoms in total. The van der Waals surface area contributed by atoms with Crippen molar-refractivity contribution in [1.82, 2.24) is 9.80 Å². The van der Waals surface area contributed by atoms with Gasteiger partial charge < -0.3 is 10.1 Å². The number of carbonyl (C=O) groups excluding carboxylic acids is 2. The Morgan fingerprint density at radius 2 is 1.39 bits per heavy atom. The Bertz CT molecular complexity index is 798. The first-order valence-corrected chi connectivity index (χ1v) is 15.2. The van der Waals surface area contributed by atoms with E-state index >= 15 is 0 Å². The van der Waals surface area contributed by atoms with Crippen LogP contribution in [0, 0.1) is 24.7 Å². The lowest BCUT2D eigenvalue weighted by atomic mass is 9.71. The SMILES string of the molecule is CCCCN(CCCC(C)(C)CC(C)(C)CCCCN(CC=O)CCC)CC(=O)Nc1c(C)cccc1C. The molecule has 1 amide bonds. The second kappa shape index (κ2) is 17.8. The highest BCUT2D eigenvalue weighted by Crippen LogP contribution is 2.40. The van der Waals surface area contributed by atoms with Crippen LogP contribution in [0.1, 0.15) is 110 Å². The Hall–Kier alpha value is -1.72. The van der Waals surface area contributed by atoms with Crippen LogP contribution in [0.4, 0.5) is 5.69 Å². The van der Waals surface area contributed by atoms with Gasteiger partial charge in [-0.25, -0.2) is 0 Å². The van der Waals surface area contributed by atoms with Crippen LogP contribution in [0.25, 0.3) is 0 Å². The van der Waals surface area contributed by atoms with Crippen LogP contribution >= 0.6 is 0 Å². The van der Waals surface area contributed by atoms with Gasteiger partial charge in [-0.2, -0.15) is 0 Å². The van der Waals surface area contributed by atoms with Gasteiger partial charge in [-0.1, -0.05) is 72.6 Å². The monoisotopic (exact) mass is 529 g/mol. The third kappa shape index (κ3) is 14.4. The second-order valence-electron chi connectivity index (χ2n) is 13.0. The topological polar surface area (TPSA) is 52.7 Å². The predicted octanol–water partition coefficient (Wildman–Crippen LogP) is 7.65. The van der Waals surface area contributed by atoms with Crippen molar-refractivity contribution in [3.8, 4) is 0 Å². The Labute approximate surface area is 235 Å². The van der Waals surface area contributed by atoms with Gasteiger partial charge in [-0.15, -0.1) is 0 Å². The molecule has 0 aliphatic heterocycles. The van der Waals surface area contributed by atoms with Crippen molar-refractivity contribution >= 4 is 17.9 Å². The molecule has 0 saturated carbocycles. The number of unbranched alkanes of at least 4 members (excludes halogenated alkanes) is 2. The minimum absolute atomic E-state index is 0.0875. The van der Waals surface area contributed by atoms with E-state index in [-0.39, 0.29) is 11.3 Å². The molecule has 1 aromatic rings. The van der Waals surface area contributed by atoms with Gasteiger partial charge in [0.1, 0.15) is 6.29 Å². The number of amides is 1. The minimum Gasteiger partial charge on any atom is -0.324 e. The first-order valence-electron chi connectivity index (χ1n) is 15.2. The van der Waals surface area contributed by atoms with Crippen LogP contribution in [0.3, 0.4) is 0 Å². The summed E-state index contributed by atoms with van der Waals surface area (Å²) in [6, 6.07) is 6.14. The van der Waals surface area contributed by atoms with Crippen LogP contribution in [0.2, 0.25) is 0 Å². The number of benzene rings is 1. The molecule has 38 heavy (non-hydrogen) atoms. The number of nitrogens with zero attached hydrogens (tertiary/aromatic N) is 2. The lowest BCUT2D eigenvalue weighted by molar-refractivity contribution is -0.117. The highest BCUT2D eigenvalue weighted by Gasteiger charge is 2.28. The standard InChI is InChI=1S/C33H59N3O2/c1-9-11-21-36(26-30(38)34-31-28(3)16-14-17-29(31)4)23-15-19-33(7,8)27-32(5,6)18-12-13-22-35(20-10-2)24-25-37/h14,16-17,25H,9-13,15,18-24,26-27H2,1-8H3,(H,34,38). The molecule has 0 spiro atoms.